The maximum atomic E-state index is 12.1. The van der Waals surface area contributed by atoms with E-state index in [0.717, 1.165) is 29.8 Å². The van der Waals surface area contributed by atoms with E-state index >= 15 is 0 Å². The third-order valence-corrected chi connectivity index (χ3v) is 3.32. The van der Waals surface area contributed by atoms with E-state index in [-0.39, 0.29) is 18.4 Å². The predicted molar refractivity (Wildman–Crippen MR) is 90.0 cm³/mol. The van der Waals surface area contributed by atoms with Crippen molar-refractivity contribution < 1.29 is 9.59 Å². The van der Waals surface area contributed by atoms with Gasteiger partial charge < -0.3 is 15.1 Å². The van der Waals surface area contributed by atoms with E-state index in [1.54, 1.807) is 4.90 Å². The third kappa shape index (κ3) is 6.72. The van der Waals surface area contributed by atoms with Crippen LogP contribution < -0.4 is 5.32 Å². The molecule has 0 bridgehead atoms. The van der Waals surface area contributed by atoms with Gasteiger partial charge in [0.1, 0.15) is 0 Å². The molecule has 0 saturated heterocycles. The number of carbonyl (C=O) groups is 2. The van der Waals surface area contributed by atoms with E-state index in [4.69, 9.17) is 0 Å². The number of anilines is 1. The highest BCUT2D eigenvalue weighted by molar-refractivity contribution is 5.94. The standard InChI is InChI=1S/C17H27N3O2/c1-13-9-14(2)11-16(10-13)18-17(22)12-20(15(3)21)8-6-7-19(4)5/h9-11H,6-8,12H2,1-5H3,(H,18,22). The second-order valence-electron chi connectivity index (χ2n) is 6.02. The molecule has 1 N–H and O–H groups in total. The molecule has 0 saturated carbocycles. The maximum absolute atomic E-state index is 12.1. The quantitative estimate of drug-likeness (QED) is 0.839. The molecule has 22 heavy (non-hydrogen) atoms. The Hall–Kier alpha value is -1.88. The summed E-state index contributed by atoms with van der Waals surface area (Å²) in [5.74, 6) is -0.237. The van der Waals surface area contributed by atoms with E-state index in [1.165, 1.54) is 6.92 Å². The number of nitrogens with one attached hydrogen (secondary N) is 1. The average Bonchev–Trinajstić information content (AvgIpc) is 2.35. The Balaban J connectivity index is 2.57. The van der Waals surface area contributed by atoms with Crippen LogP contribution in [0.3, 0.4) is 0 Å². The lowest BCUT2D eigenvalue weighted by molar-refractivity contribution is -0.132. The highest BCUT2D eigenvalue weighted by atomic mass is 16.2. The van der Waals surface area contributed by atoms with Crippen molar-refractivity contribution in [2.24, 2.45) is 0 Å². The van der Waals surface area contributed by atoms with Crippen LogP contribution in [0.2, 0.25) is 0 Å². The summed E-state index contributed by atoms with van der Waals surface area (Å²) in [6, 6.07) is 5.91. The first kappa shape index (κ1) is 18.2. The molecule has 0 aliphatic rings. The van der Waals surface area contributed by atoms with Gasteiger partial charge in [-0.05, 0) is 64.2 Å². The molecule has 0 aliphatic heterocycles. The van der Waals surface area contributed by atoms with Crippen LogP contribution in [0, 0.1) is 13.8 Å². The molecule has 0 heterocycles. The lowest BCUT2D eigenvalue weighted by Crippen LogP contribution is -2.38. The van der Waals surface area contributed by atoms with Crippen molar-refractivity contribution in [3.05, 3.63) is 29.3 Å². The smallest absolute Gasteiger partial charge is 0.243 e. The summed E-state index contributed by atoms with van der Waals surface area (Å²) in [7, 11) is 3.98. The van der Waals surface area contributed by atoms with Crippen molar-refractivity contribution in [1.29, 1.82) is 0 Å². The van der Waals surface area contributed by atoms with Gasteiger partial charge in [-0.15, -0.1) is 0 Å². The second kappa shape index (κ2) is 8.54. The fraction of sp³-hybridized carbons (Fsp3) is 0.529. The third-order valence-electron chi connectivity index (χ3n) is 3.32. The summed E-state index contributed by atoms with van der Waals surface area (Å²) in [4.78, 5) is 27.4. The van der Waals surface area contributed by atoms with E-state index in [1.807, 2.05) is 40.1 Å². The molecule has 1 rings (SSSR count). The first-order chi connectivity index (χ1) is 10.3. The maximum Gasteiger partial charge on any atom is 0.243 e. The molecular formula is C17H27N3O2. The molecule has 1 aromatic carbocycles. The van der Waals surface area contributed by atoms with Gasteiger partial charge in [-0.3, -0.25) is 9.59 Å². The van der Waals surface area contributed by atoms with Gasteiger partial charge in [-0.25, -0.2) is 0 Å². The molecule has 0 spiro atoms. The first-order valence-corrected chi connectivity index (χ1v) is 7.56. The molecule has 0 atom stereocenters. The minimum absolute atomic E-state index is 0.0747. The van der Waals surface area contributed by atoms with Crippen LogP contribution in [0.1, 0.15) is 24.5 Å². The fourth-order valence-electron chi connectivity index (χ4n) is 2.35. The number of nitrogens with zero attached hydrogens (tertiary/aromatic N) is 2. The highest BCUT2D eigenvalue weighted by Gasteiger charge is 2.13. The van der Waals surface area contributed by atoms with Gasteiger partial charge in [0.15, 0.2) is 0 Å². The van der Waals surface area contributed by atoms with Gasteiger partial charge in [0.05, 0.1) is 6.54 Å². The normalized spacial score (nSPS) is 10.6. The van der Waals surface area contributed by atoms with Gasteiger partial charge in [0.25, 0.3) is 0 Å². The molecule has 5 heteroatoms. The van der Waals surface area contributed by atoms with E-state index in [2.05, 4.69) is 16.3 Å². The number of rotatable bonds is 7. The summed E-state index contributed by atoms with van der Waals surface area (Å²) >= 11 is 0. The number of amides is 2. The molecule has 2 amide bonds. The Kier molecular flexibility index (Phi) is 7.05. The lowest BCUT2D eigenvalue weighted by Gasteiger charge is -2.21. The summed E-state index contributed by atoms with van der Waals surface area (Å²) in [6.07, 6.45) is 0.851. The van der Waals surface area contributed by atoms with Crippen molar-refractivity contribution in [2.45, 2.75) is 27.2 Å². The van der Waals surface area contributed by atoms with E-state index in [9.17, 15) is 9.59 Å². The SMILES string of the molecule is CC(=O)N(CCCN(C)C)CC(=O)Nc1cc(C)cc(C)c1. The van der Waals surface area contributed by atoms with Gasteiger partial charge in [0, 0.05) is 19.2 Å². The lowest BCUT2D eigenvalue weighted by atomic mass is 10.1. The van der Waals surface area contributed by atoms with Crippen LogP contribution in [0.4, 0.5) is 5.69 Å². The van der Waals surface area contributed by atoms with E-state index < -0.39 is 0 Å². The summed E-state index contributed by atoms with van der Waals surface area (Å²) in [5.41, 5.74) is 2.98. The number of hydrogen-bond acceptors (Lipinski definition) is 3. The van der Waals surface area contributed by atoms with Crippen LogP contribution in [-0.2, 0) is 9.59 Å². The molecule has 5 nitrogen and oxygen atoms in total. The zero-order valence-corrected chi connectivity index (χ0v) is 14.3. The summed E-state index contributed by atoms with van der Waals surface area (Å²) in [5, 5.41) is 2.86. The molecule has 122 valence electrons. The summed E-state index contributed by atoms with van der Waals surface area (Å²) < 4.78 is 0. The van der Waals surface area contributed by atoms with Gasteiger partial charge in [0.2, 0.25) is 11.8 Å². The van der Waals surface area contributed by atoms with E-state index in [0.29, 0.717) is 6.54 Å². The van der Waals surface area contributed by atoms with Gasteiger partial charge in [-0.2, -0.15) is 0 Å². The number of aryl methyl sites for hydroxylation is 2. The number of hydrogen-bond donors (Lipinski definition) is 1. The fourth-order valence-corrected chi connectivity index (χ4v) is 2.35. The second-order valence-corrected chi connectivity index (χ2v) is 6.02. The zero-order chi connectivity index (χ0) is 16.7. The Bertz CT molecular complexity index is 506. The Morgan fingerprint density at radius 3 is 2.14 bits per heavy atom. The minimum atomic E-state index is -0.162. The van der Waals surface area contributed by atoms with Crippen molar-refractivity contribution in [3.63, 3.8) is 0 Å². The average molecular weight is 305 g/mol. The molecule has 0 fully saturated rings. The zero-order valence-electron chi connectivity index (χ0n) is 14.3. The van der Waals surface area contributed by atoms with Crippen LogP contribution in [0.25, 0.3) is 0 Å². The highest BCUT2D eigenvalue weighted by Crippen LogP contribution is 2.13. The molecular weight excluding hydrogens is 278 g/mol. The monoisotopic (exact) mass is 305 g/mol. The van der Waals surface area contributed by atoms with Crippen LogP contribution >= 0.6 is 0 Å². The Labute approximate surface area is 133 Å². The van der Waals surface area contributed by atoms with Crippen LogP contribution in [-0.4, -0.2) is 55.3 Å². The topological polar surface area (TPSA) is 52.7 Å². The molecule has 1 aromatic rings. The van der Waals surface area contributed by atoms with Crippen molar-refractivity contribution in [2.75, 3.05) is 39.0 Å². The Morgan fingerprint density at radius 1 is 1.05 bits per heavy atom. The number of carbonyl (C=O) groups excluding carboxylic acids is 2. The number of benzene rings is 1. The Morgan fingerprint density at radius 2 is 1.64 bits per heavy atom. The van der Waals surface area contributed by atoms with Crippen LogP contribution in [0.5, 0.6) is 0 Å². The minimum Gasteiger partial charge on any atom is -0.334 e. The summed E-state index contributed by atoms with van der Waals surface area (Å²) in [6.45, 7) is 7.06. The molecule has 0 radical (unpaired) electrons. The molecule has 0 aromatic heterocycles. The molecule has 0 aliphatic carbocycles. The molecule has 0 unspecified atom stereocenters. The van der Waals surface area contributed by atoms with Gasteiger partial charge in [-0.1, -0.05) is 6.07 Å². The largest absolute Gasteiger partial charge is 0.334 e. The predicted octanol–water partition coefficient (Wildman–Crippen LogP) is 2.04. The van der Waals surface area contributed by atoms with Gasteiger partial charge >= 0.3 is 0 Å². The first-order valence-electron chi connectivity index (χ1n) is 7.56. The van der Waals surface area contributed by atoms with Crippen LogP contribution in [0.15, 0.2) is 18.2 Å². The van der Waals surface area contributed by atoms with Crippen molar-refractivity contribution in [3.8, 4) is 0 Å². The van der Waals surface area contributed by atoms with Crippen molar-refractivity contribution in [1.82, 2.24) is 9.80 Å². The van der Waals surface area contributed by atoms with Crippen molar-refractivity contribution >= 4 is 17.5 Å².